The zero-order valence-corrected chi connectivity index (χ0v) is 35.9. The molecular weight excluding hydrogens is 713 g/mol. The first-order valence-electron chi connectivity index (χ1n) is 17.9. The van der Waals surface area contributed by atoms with E-state index >= 15 is 0 Å². The highest BCUT2D eigenvalue weighted by atomic mass is 28.4. The number of aliphatic hydroxyl groups excluding tert-OH is 1. The van der Waals surface area contributed by atoms with Crippen LogP contribution >= 0.6 is 0 Å². The summed E-state index contributed by atoms with van der Waals surface area (Å²) in [6.45, 7) is 28.8. The van der Waals surface area contributed by atoms with Gasteiger partial charge in [-0.2, -0.15) is 0 Å². The molecule has 2 aromatic carbocycles. The van der Waals surface area contributed by atoms with Crippen LogP contribution in [-0.4, -0.2) is 62.0 Å². The standard InChI is InChI=1S/C38H60N4O9Si2/c1-25(19-26-15-17-28(18-16-26)47-24-31-33(34(39)44)42(46)51-40-31)41(35(45)48-36(2,3)4)23-32(43)27-20-29(49-52(11,12)37(5,6)7)22-30(21-27)50-53(13,14)38(8,9)10/h15-18,20-22,25,32,43H,19,23-24H2,1-14H3,(H2,39,44)/t25-,32-/m0/s1. The molecule has 0 fully saturated rings. The lowest BCUT2D eigenvalue weighted by Gasteiger charge is -2.38. The van der Waals surface area contributed by atoms with Crippen LogP contribution in [0.25, 0.3) is 0 Å². The summed E-state index contributed by atoms with van der Waals surface area (Å²) in [5.41, 5.74) is 5.51. The molecule has 15 heteroatoms. The van der Waals surface area contributed by atoms with Crippen molar-refractivity contribution in [3.05, 3.63) is 70.2 Å². The molecule has 2 atom stereocenters. The lowest BCUT2D eigenvalue weighted by Crippen LogP contribution is -2.45. The number of benzene rings is 2. The van der Waals surface area contributed by atoms with Crippen LogP contribution in [-0.2, 0) is 17.8 Å². The molecule has 53 heavy (non-hydrogen) atoms. The number of nitrogens with two attached hydrogens (primary N) is 1. The van der Waals surface area contributed by atoms with E-state index in [-0.39, 0.29) is 39.9 Å². The number of aliphatic hydroxyl groups is 1. The van der Waals surface area contributed by atoms with E-state index in [4.69, 9.17) is 24.1 Å². The van der Waals surface area contributed by atoms with Gasteiger partial charge in [-0.25, -0.2) is 4.79 Å². The molecule has 3 aromatic rings. The first kappa shape index (κ1) is 43.3. The quantitative estimate of drug-likeness (QED) is 0.122. The summed E-state index contributed by atoms with van der Waals surface area (Å²) < 4.78 is 29.4. The Morgan fingerprint density at radius 1 is 0.906 bits per heavy atom. The zero-order valence-electron chi connectivity index (χ0n) is 33.9. The summed E-state index contributed by atoms with van der Waals surface area (Å²) >= 11 is 0. The molecule has 0 saturated heterocycles. The average molecular weight is 773 g/mol. The van der Waals surface area contributed by atoms with Gasteiger partial charge in [0.2, 0.25) is 16.6 Å². The number of ether oxygens (including phenoxy) is 2. The summed E-state index contributed by atoms with van der Waals surface area (Å²) in [5, 5.41) is 26.9. The number of aromatic nitrogens is 2. The van der Waals surface area contributed by atoms with Crippen molar-refractivity contribution >= 4 is 28.6 Å². The molecule has 0 aliphatic heterocycles. The number of rotatable bonds is 14. The Kier molecular flexibility index (Phi) is 13.2. The van der Waals surface area contributed by atoms with E-state index in [2.05, 4.69) is 77.5 Å². The Hall–Kier alpha value is -4.09. The minimum atomic E-state index is -2.25. The highest BCUT2D eigenvalue weighted by molar-refractivity contribution is 6.75. The van der Waals surface area contributed by atoms with Crippen molar-refractivity contribution in [2.75, 3.05) is 6.54 Å². The van der Waals surface area contributed by atoms with Crippen molar-refractivity contribution in [3.8, 4) is 17.2 Å². The molecule has 0 radical (unpaired) electrons. The number of carbonyl (C=O) groups excluding carboxylic acids is 2. The number of primary amides is 1. The third-order valence-electron chi connectivity index (χ3n) is 9.92. The number of amides is 2. The maximum absolute atomic E-state index is 13.7. The highest BCUT2D eigenvalue weighted by Gasteiger charge is 2.41. The van der Waals surface area contributed by atoms with Crippen molar-refractivity contribution in [1.82, 2.24) is 10.1 Å². The van der Waals surface area contributed by atoms with Gasteiger partial charge in [0.05, 0.1) is 12.6 Å². The maximum Gasteiger partial charge on any atom is 0.410 e. The second kappa shape index (κ2) is 16.1. The topological polar surface area (TPSA) is 174 Å². The van der Waals surface area contributed by atoms with Gasteiger partial charge in [-0.3, -0.25) is 9.42 Å². The van der Waals surface area contributed by atoms with E-state index in [0.717, 1.165) is 5.56 Å². The lowest BCUT2D eigenvalue weighted by molar-refractivity contribution is -0.803. The fraction of sp³-hybridized carbons (Fsp3) is 0.579. The molecule has 294 valence electrons. The summed E-state index contributed by atoms with van der Waals surface area (Å²) in [7, 11) is -4.50. The van der Waals surface area contributed by atoms with Crippen molar-refractivity contribution in [1.29, 1.82) is 0 Å². The van der Waals surface area contributed by atoms with E-state index in [1.807, 2.05) is 37.3 Å². The van der Waals surface area contributed by atoms with E-state index < -0.39 is 46.0 Å². The SMILES string of the molecule is C[C@@H](Cc1ccc(OCc2no[n+]([O-])c2C(N)=O)cc1)N(C[C@H](O)c1cc(O[Si](C)(C)C(C)(C)C)cc(O[Si](C)(C)C(C)(C)C)c1)C(=O)OC(C)(C)C. The predicted molar refractivity (Wildman–Crippen MR) is 208 cm³/mol. The summed E-state index contributed by atoms with van der Waals surface area (Å²) in [4.78, 5) is 26.8. The molecule has 13 nitrogen and oxygen atoms in total. The maximum atomic E-state index is 13.7. The Bertz CT molecular complexity index is 1680. The number of hydrogen-bond acceptors (Lipinski definition) is 10. The summed E-state index contributed by atoms with van der Waals surface area (Å²) in [6.07, 6.45) is -1.20. The van der Waals surface area contributed by atoms with Gasteiger partial charge in [0, 0.05) is 17.3 Å². The number of nitrogens with zero attached hydrogens (tertiary/aromatic N) is 3. The van der Waals surface area contributed by atoms with Crippen LogP contribution in [0.2, 0.25) is 36.3 Å². The van der Waals surface area contributed by atoms with Crippen LogP contribution in [0.1, 0.15) is 103 Å². The monoisotopic (exact) mass is 772 g/mol. The van der Waals surface area contributed by atoms with Crippen molar-refractivity contribution in [2.45, 2.75) is 136 Å². The van der Waals surface area contributed by atoms with E-state index in [1.54, 1.807) is 37.8 Å². The van der Waals surface area contributed by atoms with Gasteiger partial charge >= 0.3 is 6.09 Å². The second-order valence-corrected chi connectivity index (χ2v) is 27.1. The Balaban J connectivity index is 1.90. The largest absolute Gasteiger partial charge is 0.543 e. The van der Waals surface area contributed by atoms with Gasteiger partial charge < -0.3 is 39.3 Å². The Labute approximate surface area is 316 Å². The molecule has 0 bridgehead atoms. The fourth-order valence-electron chi connectivity index (χ4n) is 4.77. The minimum absolute atomic E-state index is 0.0208. The van der Waals surface area contributed by atoms with Crippen LogP contribution in [0.5, 0.6) is 17.2 Å². The predicted octanol–water partition coefficient (Wildman–Crippen LogP) is 7.66. The Morgan fingerprint density at radius 3 is 1.87 bits per heavy atom. The first-order chi connectivity index (χ1) is 24.1. The van der Waals surface area contributed by atoms with Gasteiger partial charge in [0.15, 0.2) is 6.61 Å². The average Bonchev–Trinajstić information content (AvgIpc) is 3.37. The molecule has 0 unspecified atom stereocenters. The molecule has 0 aliphatic carbocycles. The van der Waals surface area contributed by atoms with Crippen LogP contribution in [0.15, 0.2) is 47.1 Å². The normalized spacial score (nSPS) is 13.9. The molecular formula is C38H60N4O9Si2. The highest BCUT2D eigenvalue weighted by Crippen LogP contribution is 2.41. The lowest BCUT2D eigenvalue weighted by atomic mass is 10.0. The first-order valence-corrected chi connectivity index (χ1v) is 23.7. The molecule has 0 aliphatic rings. The second-order valence-electron chi connectivity index (χ2n) is 17.7. The van der Waals surface area contributed by atoms with Crippen LogP contribution in [0.3, 0.4) is 0 Å². The number of hydrogen-bond donors (Lipinski definition) is 2. The van der Waals surface area contributed by atoms with Crippen molar-refractivity contribution in [2.24, 2.45) is 5.73 Å². The van der Waals surface area contributed by atoms with Crippen LogP contribution < -0.4 is 24.2 Å². The van der Waals surface area contributed by atoms with E-state index in [0.29, 0.717) is 29.2 Å². The van der Waals surface area contributed by atoms with Gasteiger partial charge in [-0.15, -0.1) is 0 Å². The summed E-state index contributed by atoms with van der Waals surface area (Å²) in [6, 6.07) is 12.4. The smallest absolute Gasteiger partial charge is 0.410 e. The van der Waals surface area contributed by atoms with Crippen molar-refractivity contribution < 1.29 is 42.6 Å². The molecule has 3 N–H and O–H groups in total. The molecule has 0 saturated carbocycles. The molecule has 1 heterocycles. The molecule has 2 amide bonds. The van der Waals surface area contributed by atoms with Crippen molar-refractivity contribution in [3.63, 3.8) is 0 Å². The van der Waals surface area contributed by atoms with E-state index in [1.165, 1.54) is 0 Å². The van der Waals surface area contributed by atoms with Gasteiger partial charge in [-0.1, -0.05) is 53.7 Å². The Morgan fingerprint density at radius 2 is 1.42 bits per heavy atom. The van der Waals surface area contributed by atoms with Crippen LogP contribution in [0, 0.1) is 5.21 Å². The number of carbonyl (C=O) groups is 2. The third kappa shape index (κ3) is 11.7. The zero-order chi connectivity index (χ0) is 40.3. The minimum Gasteiger partial charge on any atom is -0.543 e. The van der Waals surface area contributed by atoms with Crippen LogP contribution in [0.4, 0.5) is 4.79 Å². The summed E-state index contributed by atoms with van der Waals surface area (Å²) in [5.74, 6) is 0.730. The molecule has 3 rings (SSSR count). The molecule has 0 spiro atoms. The third-order valence-corrected chi connectivity index (χ3v) is 18.6. The van der Waals surface area contributed by atoms with Gasteiger partial charge in [-0.05, 0) is 111 Å². The van der Waals surface area contributed by atoms with E-state index in [9.17, 15) is 19.9 Å². The fourth-order valence-corrected chi connectivity index (χ4v) is 6.80. The molecule has 1 aromatic heterocycles. The van der Waals surface area contributed by atoms with Gasteiger partial charge in [0.25, 0.3) is 17.3 Å². The van der Waals surface area contributed by atoms with Gasteiger partial charge in [0.1, 0.15) is 22.8 Å².